The van der Waals surface area contributed by atoms with Crippen molar-refractivity contribution in [1.82, 2.24) is 14.5 Å². The molecule has 50 heavy (non-hydrogen) atoms. The number of imidazole rings is 1. The first kappa shape index (κ1) is 46.6. The molecule has 2 heterocycles. The summed E-state index contributed by atoms with van der Waals surface area (Å²) in [6.45, 7) is 27.4. The number of unbranched alkanes of at least 4 members (excludes halogenated alkanes) is 1. The zero-order valence-corrected chi connectivity index (χ0v) is 33.7. The minimum Gasteiger partial charge on any atom is -0.310 e. The zero-order chi connectivity index (χ0) is 38.6. The predicted molar refractivity (Wildman–Crippen MR) is 210 cm³/mol. The number of pyridine rings is 1. The standard InChI is InChI=1S/C32H39F3N4O.C4H10.3C2H6/c1-7-10-21(5)28(29(19(2)3)32(33,34)35)26-17-24(16-22(6)36-26)30(40)38-31-37-25-14-13-20(4)15-27(25)39(31)18-23-11-8-9-12-23;1-3-4-2;3*1-2/h13-17,23H,7-12,18H2,1-6H3,(H,37,38,40);3-4H2,1-2H3;3*1-2H3/b28-21-;;;;. The molecule has 0 radical (unpaired) electrons. The largest absolute Gasteiger partial charge is 0.416 e. The highest BCUT2D eigenvalue weighted by Gasteiger charge is 2.38. The zero-order valence-electron chi connectivity index (χ0n) is 33.7. The third kappa shape index (κ3) is 13.7. The molecule has 1 fully saturated rings. The van der Waals surface area contributed by atoms with Gasteiger partial charge in [0, 0.05) is 23.4 Å². The second-order valence-electron chi connectivity index (χ2n) is 12.3. The van der Waals surface area contributed by atoms with E-state index in [4.69, 9.17) is 4.98 Å². The van der Waals surface area contributed by atoms with E-state index in [1.165, 1.54) is 45.6 Å². The van der Waals surface area contributed by atoms with E-state index in [2.05, 4.69) is 34.8 Å². The van der Waals surface area contributed by atoms with Crippen LogP contribution in [0.5, 0.6) is 0 Å². The van der Waals surface area contributed by atoms with Crippen molar-refractivity contribution in [1.29, 1.82) is 0 Å². The highest BCUT2D eigenvalue weighted by atomic mass is 19.4. The molecule has 4 rings (SSSR count). The Morgan fingerprint density at radius 2 is 1.44 bits per heavy atom. The van der Waals surface area contributed by atoms with E-state index in [9.17, 15) is 18.0 Å². The summed E-state index contributed by atoms with van der Waals surface area (Å²) in [6.07, 6.45) is 3.96. The molecule has 0 bridgehead atoms. The van der Waals surface area contributed by atoms with Gasteiger partial charge in [-0.1, -0.05) is 112 Å². The van der Waals surface area contributed by atoms with Crippen molar-refractivity contribution in [2.45, 2.75) is 161 Å². The van der Waals surface area contributed by atoms with E-state index < -0.39 is 17.7 Å². The van der Waals surface area contributed by atoms with E-state index in [-0.39, 0.29) is 22.4 Å². The number of amides is 1. The van der Waals surface area contributed by atoms with Gasteiger partial charge in [0.25, 0.3) is 5.91 Å². The molecule has 282 valence electrons. The van der Waals surface area contributed by atoms with Crippen LogP contribution in [0.15, 0.2) is 47.1 Å². The van der Waals surface area contributed by atoms with Gasteiger partial charge in [-0.15, -0.1) is 0 Å². The lowest BCUT2D eigenvalue weighted by Gasteiger charge is -2.21. The molecule has 0 unspecified atom stereocenters. The molecule has 3 aromatic rings. The highest BCUT2D eigenvalue weighted by molar-refractivity contribution is 6.05. The first-order valence-corrected chi connectivity index (χ1v) is 19.0. The smallest absolute Gasteiger partial charge is 0.310 e. The van der Waals surface area contributed by atoms with Crippen LogP contribution in [-0.4, -0.2) is 26.6 Å². The number of hydrogen-bond donors (Lipinski definition) is 1. The van der Waals surface area contributed by atoms with Gasteiger partial charge < -0.3 is 4.57 Å². The summed E-state index contributed by atoms with van der Waals surface area (Å²) in [5.41, 5.74) is 3.83. The number of carbonyl (C=O) groups excluding carboxylic acids is 1. The fourth-order valence-corrected chi connectivity index (χ4v) is 5.80. The average Bonchev–Trinajstić information content (AvgIpc) is 3.73. The van der Waals surface area contributed by atoms with Crippen LogP contribution >= 0.6 is 0 Å². The average molecular weight is 701 g/mol. The van der Waals surface area contributed by atoms with Gasteiger partial charge in [-0.25, -0.2) is 4.98 Å². The Labute approximate surface area is 302 Å². The normalized spacial score (nSPS) is 12.9. The highest BCUT2D eigenvalue weighted by Crippen LogP contribution is 2.41. The van der Waals surface area contributed by atoms with Gasteiger partial charge in [0.1, 0.15) is 0 Å². The molecule has 1 aromatic carbocycles. The van der Waals surface area contributed by atoms with Crippen LogP contribution in [0.2, 0.25) is 0 Å². The topological polar surface area (TPSA) is 59.8 Å². The molecule has 2 aromatic heterocycles. The van der Waals surface area contributed by atoms with Crippen molar-refractivity contribution >= 4 is 28.5 Å². The quantitative estimate of drug-likeness (QED) is 0.226. The second kappa shape index (κ2) is 23.9. The van der Waals surface area contributed by atoms with Crippen molar-refractivity contribution < 1.29 is 18.0 Å². The number of rotatable bonds is 9. The van der Waals surface area contributed by atoms with E-state index >= 15 is 0 Å². The maximum absolute atomic E-state index is 14.3. The minimum absolute atomic E-state index is 0.0519. The number of nitrogens with zero attached hydrogens (tertiary/aromatic N) is 3. The first-order chi connectivity index (χ1) is 23.8. The Hall–Kier alpha value is -3.42. The molecule has 1 aliphatic rings. The third-order valence-corrected chi connectivity index (χ3v) is 8.10. The Morgan fingerprint density at radius 1 is 0.860 bits per heavy atom. The Kier molecular flexibility index (Phi) is 22.3. The van der Waals surface area contributed by atoms with Gasteiger partial charge in [-0.2, -0.15) is 13.2 Å². The van der Waals surface area contributed by atoms with Crippen LogP contribution < -0.4 is 5.32 Å². The Bertz CT molecular complexity index is 1500. The summed E-state index contributed by atoms with van der Waals surface area (Å²) in [4.78, 5) is 22.8. The van der Waals surface area contributed by atoms with Crippen molar-refractivity contribution in [3.05, 3.63) is 69.6 Å². The van der Waals surface area contributed by atoms with Crippen molar-refractivity contribution in [2.24, 2.45) is 5.92 Å². The number of nitrogens with one attached hydrogen (secondary N) is 1. The van der Waals surface area contributed by atoms with Crippen LogP contribution in [0.3, 0.4) is 0 Å². The molecular formula is C42H67F3N4O. The number of carbonyl (C=O) groups is 1. The van der Waals surface area contributed by atoms with Crippen molar-refractivity contribution in [3.8, 4) is 0 Å². The summed E-state index contributed by atoms with van der Waals surface area (Å²) in [5, 5.41) is 2.97. The van der Waals surface area contributed by atoms with Crippen LogP contribution in [0.4, 0.5) is 19.1 Å². The number of alkyl halides is 3. The molecule has 0 atom stereocenters. The number of aromatic nitrogens is 3. The molecule has 1 amide bonds. The SMILES string of the molecule is CC.CC.CC.CCC/C(C)=C(\C(=C(C)C)C(F)(F)F)c1cc(C(=O)Nc2nc3ccc(C)cc3n2CC2CCCC2)cc(C)n1.CCCC. The molecule has 0 spiro atoms. The number of fused-ring (bicyclic) bond motifs is 1. The summed E-state index contributed by atoms with van der Waals surface area (Å²) < 4.78 is 44.9. The van der Waals surface area contributed by atoms with Gasteiger partial charge in [-0.3, -0.25) is 15.1 Å². The number of anilines is 1. The van der Waals surface area contributed by atoms with Gasteiger partial charge in [-0.05, 0) is 89.6 Å². The number of allylic oxidation sites excluding steroid dienone is 4. The Balaban J connectivity index is 0.00000217. The van der Waals surface area contributed by atoms with E-state index in [1.807, 2.05) is 67.5 Å². The van der Waals surface area contributed by atoms with Crippen molar-refractivity contribution in [2.75, 3.05) is 5.32 Å². The Morgan fingerprint density at radius 3 is 1.94 bits per heavy atom. The lowest BCUT2D eigenvalue weighted by molar-refractivity contribution is -0.0879. The van der Waals surface area contributed by atoms with Crippen molar-refractivity contribution in [3.63, 3.8) is 0 Å². The van der Waals surface area contributed by atoms with Gasteiger partial charge >= 0.3 is 6.18 Å². The molecule has 1 aliphatic carbocycles. The lowest BCUT2D eigenvalue weighted by atomic mass is 9.90. The second-order valence-corrected chi connectivity index (χ2v) is 12.3. The van der Waals surface area contributed by atoms with Crippen LogP contribution in [0.25, 0.3) is 16.6 Å². The van der Waals surface area contributed by atoms with E-state index in [0.717, 1.165) is 36.0 Å². The molecule has 0 saturated heterocycles. The fraction of sp³-hybridized carbons (Fsp3) is 0.595. The van der Waals surface area contributed by atoms with Crippen LogP contribution in [0, 0.1) is 19.8 Å². The van der Waals surface area contributed by atoms with Crippen LogP contribution in [0.1, 0.15) is 162 Å². The van der Waals surface area contributed by atoms with Crippen LogP contribution in [-0.2, 0) is 6.54 Å². The molecule has 5 nitrogen and oxygen atoms in total. The molecule has 0 aliphatic heterocycles. The van der Waals surface area contributed by atoms with Gasteiger partial charge in [0.2, 0.25) is 5.95 Å². The minimum atomic E-state index is -4.56. The predicted octanol–water partition coefficient (Wildman–Crippen LogP) is 13.8. The molecule has 1 N–H and O–H groups in total. The molecule has 1 saturated carbocycles. The number of hydrogen-bond acceptors (Lipinski definition) is 3. The van der Waals surface area contributed by atoms with Gasteiger partial charge in [0.15, 0.2) is 0 Å². The summed E-state index contributed by atoms with van der Waals surface area (Å²) >= 11 is 0. The summed E-state index contributed by atoms with van der Waals surface area (Å²) in [5.74, 6) is 0.541. The fourth-order valence-electron chi connectivity index (χ4n) is 5.80. The first-order valence-electron chi connectivity index (χ1n) is 19.0. The third-order valence-electron chi connectivity index (χ3n) is 8.10. The maximum Gasteiger partial charge on any atom is 0.416 e. The molecule has 8 heteroatoms. The van der Waals surface area contributed by atoms with E-state index in [1.54, 1.807) is 19.9 Å². The monoisotopic (exact) mass is 701 g/mol. The number of halogens is 3. The van der Waals surface area contributed by atoms with Gasteiger partial charge in [0.05, 0.1) is 22.3 Å². The maximum atomic E-state index is 14.3. The summed E-state index contributed by atoms with van der Waals surface area (Å²) in [6, 6.07) is 9.10. The van der Waals surface area contributed by atoms with E-state index in [0.29, 0.717) is 36.0 Å². The molecular weight excluding hydrogens is 633 g/mol. The number of benzene rings is 1. The summed E-state index contributed by atoms with van der Waals surface area (Å²) in [7, 11) is 0. The number of aryl methyl sites for hydroxylation is 2. The lowest BCUT2D eigenvalue weighted by Crippen LogP contribution is -2.20.